The minimum Gasteiger partial charge on any atom is -0.486 e. The van der Waals surface area contributed by atoms with E-state index in [4.69, 9.17) is 5.11 Å². The van der Waals surface area contributed by atoms with Crippen LogP contribution in [0.25, 0.3) is 0 Å². The number of aliphatic hydroxyl groups is 1. The first-order valence-corrected chi connectivity index (χ1v) is 25.7. The Morgan fingerprint density at radius 3 is 1.09 bits per heavy atom. The summed E-state index contributed by atoms with van der Waals surface area (Å²) in [6.07, 6.45) is 18.0. The topological polar surface area (TPSA) is 159 Å². The lowest BCUT2D eigenvalue weighted by Gasteiger charge is -1.88. The number of ketones is 1. The molecule has 0 rings (SSSR count). The molecule has 1 amide bonds. The van der Waals surface area contributed by atoms with Crippen molar-refractivity contribution in [3.63, 3.8) is 0 Å². The average molecular weight is 986 g/mol. The van der Waals surface area contributed by atoms with E-state index >= 15 is 0 Å². The van der Waals surface area contributed by atoms with E-state index in [1.807, 2.05) is 47.8 Å². The number of aliphatic hydroxyl groups excluding tert-OH is 1. The highest BCUT2D eigenvalue weighted by atomic mass is 32.2. The summed E-state index contributed by atoms with van der Waals surface area (Å²) in [5.74, 6) is 6.40. The van der Waals surface area contributed by atoms with Crippen LogP contribution in [0.15, 0.2) is 20.0 Å². The van der Waals surface area contributed by atoms with E-state index in [0.29, 0.717) is 5.05 Å². The van der Waals surface area contributed by atoms with E-state index in [-0.39, 0.29) is 17.8 Å². The van der Waals surface area contributed by atoms with Gasteiger partial charge in [-0.3, -0.25) is 14.8 Å². The Hall–Kier alpha value is -0.460. The molecule has 0 aromatic heterocycles. The van der Waals surface area contributed by atoms with Gasteiger partial charge in [0.2, 0.25) is 5.05 Å². The summed E-state index contributed by atoms with van der Waals surface area (Å²) in [6.45, 7) is 13.3. The van der Waals surface area contributed by atoms with Crippen LogP contribution in [0, 0.1) is 0 Å². The van der Waals surface area contributed by atoms with Crippen LogP contribution in [0.5, 0.6) is 0 Å². The molecule has 0 unspecified atom stereocenters. The van der Waals surface area contributed by atoms with Crippen LogP contribution >= 0.6 is 95.9 Å². The summed E-state index contributed by atoms with van der Waals surface area (Å²) in [5, 5.41) is 8.35. The zero-order chi connectivity index (χ0) is 48.1. The quantitative estimate of drug-likeness (QED) is 0.0823. The zero-order valence-corrected chi connectivity index (χ0v) is 46.1. The SMILES string of the molecule is CC=NC(=O)OC.CC=NC(=S)OC.CCCS.CCCSC.CCSC.CCSC.CN=CC(=S)OC.CN=CC(C)=O.COCO.COCSC.COCSC. The van der Waals surface area contributed by atoms with Gasteiger partial charge in [0.1, 0.15) is 6.79 Å². The maximum Gasteiger partial charge on any atom is 0.432 e. The molecule has 0 aliphatic carbocycles. The fraction of sp³-hybridized carbons (Fsp3) is 0.784. The van der Waals surface area contributed by atoms with E-state index in [2.05, 4.69) is 132 Å². The van der Waals surface area contributed by atoms with Gasteiger partial charge in [-0.1, -0.05) is 27.7 Å². The predicted molar refractivity (Wildman–Crippen MR) is 285 cm³/mol. The third-order valence-corrected chi connectivity index (χ3v) is 7.28. The molecule has 0 fully saturated rings. The fourth-order valence-corrected chi connectivity index (χ4v) is 2.19. The molecule has 0 aliphatic heterocycles. The number of amides is 1. The van der Waals surface area contributed by atoms with Crippen molar-refractivity contribution in [3.8, 4) is 0 Å². The van der Waals surface area contributed by atoms with E-state index in [1.54, 1.807) is 71.9 Å². The average Bonchev–Trinajstić information content (AvgIpc) is 3.23. The Labute approximate surface area is 394 Å². The number of carbonyl (C=O) groups excluding carboxylic acids is 2. The van der Waals surface area contributed by atoms with Gasteiger partial charge >= 0.3 is 6.09 Å². The molecule has 354 valence electrons. The Morgan fingerprint density at radius 2 is 1.03 bits per heavy atom. The van der Waals surface area contributed by atoms with Crippen molar-refractivity contribution in [2.75, 3.05) is 130 Å². The number of thiocarbonyl (C=S) groups is 2. The molecule has 13 nitrogen and oxygen atoms in total. The molecule has 1 N–H and O–H groups in total. The van der Waals surface area contributed by atoms with Gasteiger partial charge in [-0.15, -0.1) is 23.5 Å². The van der Waals surface area contributed by atoms with Gasteiger partial charge in [-0.2, -0.15) is 52.9 Å². The van der Waals surface area contributed by atoms with Crippen molar-refractivity contribution in [1.29, 1.82) is 0 Å². The Morgan fingerprint density at radius 1 is 0.655 bits per heavy atom. The lowest BCUT2D eigenvalue weighted by atomic mass is 10.5. The van der Waals surface area contributed by atoms with Crippen molar-refractivity contribution in [2.45, 2.75) is 61.3 Å². The Bertz CT molecular complexity index is 721. The van der Waals surface area contributed by atoms with Crippen molar-refractivity contribution in [2.24, 2.45) is 20.0 Å². The molecule has 0 atom stereocenters. The second-order valence-corrected chi connectivity index (χ2v) is 14.4. The first-order valence-electron chi connectivity index (χ1n) is 17.3. The van der Waals surface area contributed by atoms with Crippen molar-refractivity contribution < 1.29 is 43.1 Å². The van der Waals surface area contributed by atoms with Crippen LogP contribution < -0.4 is 0 Å². The maximum absolute atomic E-state index is 9.99. The number of rotatable bonds is 12. The minimum atomic E-state index is -0.553. The van der Waals surface area contributed by atoms with Crippen LogP contribution in [0.1, 0.15) is 61.3 Å². The smallest absolute Gasteiger partial charge is 0.432 e. The number of hydrogen-bond acceptors (Lipinski definition) is 19. The number of ether oxygens (including phenoxy) is 6. The van der Waals surface area contributed by atoms with Crippen molar-refractivity contribution >= 4 is 143 Å². The number of Topliss-reactive ketones (excluding diaryl/α,β-unsaturated/α-hetero) is 1. The van der Waals surface area contributed by atoms with Gasteiger partial charge in [-0.05, 0) is 105 Å². The highest BCUT2D eigenvalue weighted by Gasteiger charge is 1.86. The van der Waals surface area contributed by atoms with Crippen LogP contribution in [-0.2, 0) is 33.2 Å². The molecule has 0 saturated carbocycles. The van der Waals surface area contributed by atoms with Crippen LogP contribution in [0.4, 0.5) is 4.79 Å². The third-order valence-electron chi connectivity index (χ3n) is 3.37. The predicted octanol–water partition coefficient (Wildman–Crippen LogP) is 10.1. The van der Waals surface area contributed by atoms with Gasteiger partial charge in [-0.25, -0.2) is 9.79 Å². The maximum atomic E-state index is 9.99. The van der Waals surface area contributed by atoms with E-state index < -0.39 is 6.09 Å². The van der Waals surface area contributed by atoms with Gasteiger partial charge in [0.25, 0.3) is 5.17 Å². The summed E-state index contributed by atoms with van der Waals surface area (Å²) < 4.78 is 26.7. The highest BCUT2D eigenvalue weighted by Crippen LogP contribution is 1.91. The first kappa shape index (κ1) is 84.9. The molecule has 0 radical (unpaired) electrons. The summed E-state index contributed by atoms with van der Waals surface area (Å²) >= 11 is 22.0. The summed E-state index contributed by atoms with van der Waals surface area (Å²) in [4.78, 5) is 33.8. The number of hydrogen-bond donors (Lipinski definition) is 2. The summed E-state index contributed by atoms with van der Waals surface area (Å²) in [7, 11) is 12.3. The van der Waals surface area contributed by atoms with E-state index in [9.17, 15) is 9.59 Å². The number of methoxy groups -OCH3 is 6. The van der Waals surface area contributed by atoms with Crippen LogP contribution in [0.3, 0.4) is 0 Å². The molecule has 0 heterocycles. The second-order valence-electron chi connectivity index (χ2n) is 8.30. The second kappa shape index (κ2) is 112. The summed E-state index contributed by atoms with van der Waals surface area (Å²) in [5.41, 5.74) is 0. The molecule has 0 aromatic carbocycles. The summed E-state index contributed by atoms with van der Waals surface area (Å²) in [6, 6.07) is 0. The largest absolute Gasteiger partial charge is 0.486 e. The number of thioether (sulfide) groups is 5. The van der Waals surface area contributed by atoms with E-state index in [0.717, 1.165) is 17.6 Å². The standard InChI is InChI=1S/C4H7NO2.2C4H7NOS.C4H7NO.C4H10S.2C3H8OS.3C3H8S.C2H6O2/c1-3-5-4(6)7-2;1-5-3-4(7)6-2;1-3-5-4(7)6-2;1-4(6)3-5-2;1-3-4-5-2;2*1-4-3-5-2;2*1-3-4-2;1-2-3-4;1-4-2-3/h3*3H,1-2H3;3H,1-2H3;3-4H2,1-2H3;2*3H2,1-2H3;2*3H2,1-2H3;4H,2-3H2,1H3;3H,2H2,1H3. The normalized spacial score (nSPS) is 8.66. The molecule has 21 heteroatoms. The Kier molecular flexibility index (Phi) is 163. The Balaban J connectivity index is -0.0000000469. The van der Waals surface area contributed by atoms with E-state index in [1.165, 1.54) is 84.1 Å². The number of thiol groups is 1. The lowest BCUT2D eigenvalue weighted by molar-refractivity contribution is -0.110. The molecular formula is C37H84N4O9S8. The van der Waals surface area contributed by atoms with Crippen LogP contribution in [0.2, 0.25) is 0 Å². The van der Waals surface area contributed by atoms with Gasteiger partial charge in [0, 0.05) is 54.8 Å². The fourth-order valence-electron chi connectivity index (χ4n) is 1.10. The van der Waals surface area contributed by atoms with Crippen molar-refractivity contribution in [3.05, 3.63) is 0 Å². The molecular weight excluding hydrogens is 901 g/mol. The van der Waals surface area contributed by atoms with Gasteiger partial charge < -0.3 is 33.5 Å². The highest BCUT2D eigenvalue weighted by molar-refractivity contribution is 7.99. The first-order chi connectivity index (χ1) is 27.6. The molecule has 0 aliphatic rings. The van der Waals surface area contributed by atoms with Gasteiger partial charge in [0.05, 0.1) is 45.6 Å². The third kappa shape index (κ3) is 218. The van der Waals surface area contributed by atoms with Crippen LogP contribution in [-0.4, -0.2) is 182 Å². The molecule has 0 saturated heterocycles. The lowest BCUT2D eigenvalue weighted by Crippen LogP contribution is -1.96. The van der Waals surface area contributed by atoms with Crippen molar-refractivity contribution in [1.82, 2.24) is 0 Å². The molecule has 0 spiro atoms. The minimum absolute atomic E-state index is 0.00231. The molecule has 58 heavy (non-hydrogen) atoms. The molecule has 0 aromatic rings. The zero-order valence-electron chi connectivity index (χ0n) is 39.5. The number of aliphatic imine (C=N–C) groups is 4. The number of carbonyl (C=O) groups is 2. The van der Waals surface area contributed by atoms with Gasteiger partial charge in [0.15, 0.2) is 5.78 Å². The monoisotopic (exact) mass is 984 g/mol. The number of nitrogens with zero attached hydrogens (tertiary/aromatic N) is 4. The molecule has 0 bridgehead atoms.